The van der Waals surface area contributed by atoms with Crippen molar-refractivity contribution in [1.29, 1.82) is 0 Å². The average Bonchev–Trinajstić information content (AvgIpc) is 2.94. The van der Waals surface area contributed by atoms with Crippen LogP contribution in [-0.4, -0.2) is 30.1 Å². The summed E-state index contributed by atoms with van der Waals surface area (Å²) in [6.07, 6.45) is 5.30. The standard InChI is InChI=1S/C16H28N2S/c1-4-9-17-15(14-8-12-19-13-14)16(2,3)18-10-6-5-7-11-18/h8,12-13,15,17H,4-7,9-11H2,1-3H3. The number of hydrogen-bond donors (Lipinski definition) is 1. The summed E-state index contributed by atoms with van der Waals surface area (Å²) in [5.74, 6) is 0. The summed E-state index contributed by atoms with van der Waals surface area (Å²) < 4.78 is 0. The van der Waals surface area contributed by atoms with Crippen LogP contribution in [0.25, 0.3) is 0 Å². The zero-order valence-corrected chi connectivity index (χ0v) is 13.4. The van der Waals surface area contributed by atoms with Gasteiger partial charge in [-0.25, -0.2) is 0 Å². The molecule has 3 heteroatoms. The Kier molecular flexibility index (Phi) is 5.43. The summed E-state index contributed by atoms with van der Waals surface area (Å²) in [6.45, 7) is 10.7. The molecule has 0 saturated carbocycles. The second-order valence-electron chi connectivity index (χ2n) is 6.15. The van der Waals surface area contributed by atoms with Crippen molar-refractivity contribution in [2.45, 2.75) is 58.0 Å². The Bertz CT molecular complexity index is 353. The second kappa shape index (κ2) is 6.87. The van der Waals surface area contributed by atoms with Gasteiger partial charge < -0.3 is 5.32 Å². The fraction of sp³-hybridized carbons (Fsp3) is 0.750. The zero-order valence-electron chi connectivity index (χ0n) is 12.6. The lowest BCUT2D eigenvalue weighted by molar-refractivity contribution is 0.0609. The lowest BCUT2D eigenvalue weighted by Crippen LogP contribution is -2.54. The van der Waals surface area contributed by atoms with Crippen LogP contribution in [0.2, 0.25) is 0 Å². The fourth-order valence-corrected chi connectivity index (χ4v) is 3.84. The van der Waals surface area contributed by atoms with Gasteiger partial charge in [-0.2, -0.15) is 11.3 Å². The molecule has 1 fully saturated rings. The number of likely N-dealkylation sites (tertiary alicyclic amines) is 1. The molecule has 1 atom stereocenters. The van der Waals surface area contributed by atoms with Crippen molar-refractivity contribution in [2.24, 2.45) is 0 Å². The molecule has 19 heavy (non-hydrogen) atoms. The molecule has 1 aromatic rings. The van der Waals surface area contributed by atoms with Gasteiger partial charge in [0.05, 0.1) is 6.04 Å². The Morgan fingerprint density at radius 2 is 2.05 bits per heavy atom. The molecule has 108 valence electrons. The van der Waals surface area contributed by atoms with Crippen molar-refractivity contribution >= 4 is 11.3 Å². The molecule has 1 aromatic heterocycles. The van der Waals surface area contributed by atoms with Crippen LogP contribution in [0.1, 0.15) is 58.1 Å². The largest absolute Gasteiger partial charge is 0.308 e. The summed E-state index contributed by atoms with van der Waals surface area (Å²) in [5.41, 5.74) is 1.64. The predicted octanol–water partition coefficient (Wildman–Crippen LogP) is 4.05. The minimum atomic E-state index is 0.191. The molecule has 1 aliphatic heterocycles. The van der Waals surface area contributed by atoms with Crippen LogP contribution in [0.15, 0.2) is 16.8 Å². The number of rotatable bonds is 6. The predicted molar refractivity (Wildman–Crippen MR) is 84.9 cm³/mol. The topological polar surface area (TPSA) is 15.3 Å². The lowest BCUT2D eigenvalue weighted by Gasteiger charge is -2.46. The molecule has 0 spiro atoms. The first kappa shape index (κ1) is 15.0. The second-order valence-corrected chi connectivity index (χ2v) is 6.93. The summed E-state index contributed by atoms with van der Waals surface area (Å²) in [4.78, 5) is 2.68. The van der Waals surface area contributed by atoms with Crippen LogP contribution >= 0.6 is 11.3 Å². The Hall–Kier alpha value is -0.380. The van der Waals surface area contributed by atoms with Gasteiger partial charge in [0.25, 0.3) is 0 Å². The molecule has 2 nitrogen and oxygen atoms in total. The van der Waals surface area contributed by atoms with Crippen LogP contribution < -0.4 is 5.32 Å². The van der Waals surface area contributed by atoms with Gasteiger partial charge in [0.1, 0.15) is 0 Å². The van der Waals surface area contributed by atoms with Gasteiger partial charge in [-0.15, -0.1) is 0 Å². The van der Waals surface area contributed by atoms with Gasteiger partial charge in [-0.1, -0.05) is 13.3 Å². The Morgan fingerprint density at radius 1 is 1.32 bits per heavy atom. The van der Waals surface area contributed by atoms with Crippen LogP contribution in [0.3, 0.4) is 0 Å². The molecule has 0 bridgehead atoms. The van der Waals surface area contributed by atoms with Crippen molar-refractivity contribution < 1.29 is 0 Å². The highest BCUT2D eigenvalue weighted by Crippen LogP contribution is 2.34. The number of piperidine rings is 1. The van der Waals surface area contributed by atoms with Crippen LogP contribution in [0, 0.1) is 0 Å². The van der Waals surface area contributed by atoms with E-state index in [0.717, 1.165) is 6.54 Å². The quantitative estimate of drug-likeness (QED) is 0.845. The van der Waals surface area contributed by atoms with Gasteiger partial charge in [0.15, 0.2) is 0 Å². The number of nitrogens with one attached hydrogen (secondary N) is 1. The third-order valence-electron chi connectivity index (χ3n) is 4.35. The van der Waals surface area contributed by atoms with Gasteiger partial charge >= 0.3 is 0 Å². The van der Waals surface area contributed by atoms with Gasteiger partial charge in [0.2, 0.25) is 0 Å². The maximum Gasteiger partial charge on any atom is 0.0510 e. The number of hydrogen-bond acceptors (Lipinski definition) is 3. The van der Waals surface area contributed by atoms with E-state index in [4.69, 9.17) is 0 Å². The molecule has 0 aromatic carbocycles. The van der Waals surface area contributed by atoms with Gasteiger partial charge in [0, 0.05) is 5.54 Å². The molecule has 1 unspecified atom stereocenters. The van der Waals surface area contributed by atoms with Crippen molar-refractivity contribution in [2.75, 3.05) is 19.6 Å². The molecule has 0 aliphatic carbocycles. The van der Waals surface area contributed by atoms with Crippen LogP contribution in [-0.2, 0) is 0 Å². The van der Waals surface area contributed by atoms with Crippen LogP contribution in [0.5, 0.6) is 0 Å². The first-order valence-corrected chi connectivity index (χ1v) is 8.61. The molecular weight excluding hydrogens is 252 g/mol. The maximum atomic E-state index is 3.77. The van der Waals surface area contributed by atoms with E-state index >= 15 is 0 Å². The van der Waals surface area contributed by atoms with E-state index in [2.05, 4.69) is 47.8 Å². The SMILES string of the molecule is CCCNC(c1ccsc1)C(C)(C)N1CCCCC1. The smallest absolute Gasteiger partial charge is 0.0510 e. The molecule has 0 amide bonds. The van der Waals surface area contributed by atoms with Crippen molar-refractivity contribution in [3.05, 3.63) is 22.4 Å². The van der Waals surface area contributed by atoms with Crippen molar-refractivity contribution in [3.8, 4) is 0 Å². The highest BCUT2D eigenvalue weighted by Gasteiger charge is 2.36. The number of nitrogens with zero attached hydrogens (tertiary/aromatic N) is 1. The average molecular weight is 280 g/mol. The van der Waals surface area contributed by atoms with E-state index in [0.29, 0.717) is 6.04 Å². The maximum absolute atomic E-state index is 3.77. The first-order chi connectivity index (χ1) is 9.16. The van der Waals surface area contributed by atoms with Crippen LogP contribution in [0.4, 0.5) is 0 Å². The fourth-order valence-electron chi connectivity index (χ4n) is 3.16. The van der Waals surface area contributed by atoms with Gasteiger partial charge in [-0.05, 0) is 75.1 Å². The third-order valence-corrected chi connectivity index (χ3v) is 5.05. The monoisotopic (exact) mass is 280 g/mol. The molecular formula is C16H28N2S. The third kappa shape index (κ3) is 3.59. The van der Waals surface area contributed by atoms with E-state index in [1.54, 1.807) is 11.3 Å². The zero-order chi connectivity index (χ0) is 13.7. The van der Waals surface area contributed by atoms with E-state index < -0.39 is 0 Å². The lowest BCUT2D eigenvalue weighted by atomic mass is 9.86. The Morgan fingerprint density at radius 3 is 2.63 bits per heavy atom. The molecule has 1 saturated heterocycles. The summed E-state index contributed by atoms with van der Waals surface area (Å²) in [5, 5.41) is 8.28. The molecule has 1 aliphatic rings. The highest BCUT2D eigenvalue weighted by molar-refractivity contribution is 7.07. The normalized spacial score (nSPS) is 19.5. The Labute approximate surface area is 122 Å². The van der Waals surface area contributed by atoms with Crippen molar-refractivity contribution in [3.63, 3.8) is 0 Å². The summed E-state index contributed by atoms with van der Waals surface area (Å²) in [6, 6.07) is 2.72. The molecule has 2 heterocycles. The van der Waals surface area contributed by atoms with E-state index in [-0.39, 0.29) is 5.54 Å². The molecule has 1 N–H and O–H groups in total. The van der Waals surface area contributed by atoms with E-state index in [1.165, 1.54) is 44.3 Å². The molecule has 0 radical (unpaired) electrons. The van der Waals surface area contributed by atoms with Crippen molar-refractivity contribution in [1.82, 2.24) is 10.2 Å². The van der Waals surface area contributed by atoms with E-state index in [1.807, 2.05) is 0 Å². The first-order valence-electron chi connectivity index (χ1n) is 7.66. The van der Waals surface area contributed by atoms with E-state index in [9.17, 15) is 0 Å². The minimum absolute atomic E-state index is 0.191. The Balaban J connectivity index is 2.15. The summed E-state index contributed by atoms with van der Waals surface area (Å²) >= 11 is 1.81. The summed E-state index contributed by atoms with van der Waals surface area (Å²) in [7, 11) is 0. The number of thiophene rings is 1. The highest BCUT2D eigenvalue weighted by atomic mass is 32.1. The minimum Gasteiger partial charge on any atom is -0.308 e. The molecule has 2 rings (SSSR count). The van der Waals surface area contributed by atoms with Gasteiger partial charge in [-0.3, -0.25) is 4.90 Å².